The zero-order valence-corrected chi connectivity index (χ0v) is 17.1. The average Bonchev–Trinajstić information content (AvgIpc) is 2.65. The van der Waals surface area contributed by atoms with E-state index in [9.17, 15) is 24.0 Å². The summed E-state index contributed by atoms with van der Waals surface area (Å²) in [6, 6.07) is -3.55. The van der Waals surface area contributed by atoms with E-state index >= 15 is 0 Å². The van der Waals surface area contributed by atoms with E-state index in [1.54, 1.807) is 0 Å². The molecule has 30 heavy (non-hydrogen) atoms. The van der Waals surface area contributed by atoms with Crippen LogP contribution in [0.25, 0.3) is 0 Å². The van der Waals surface area contributed by atoms with Crippen LogP contribution in [-0.2, 0) is 24.0 Å². The number of amides is 4. The zero-order chi connectivity index (χ0) is 23.3. The summed E-state index contributed by atoms with van der Waals surface area (Å²) in [4.78, 5) is 62.0. The van der Waals surface area contributed by atoms with Crippen molar-refractivity contribution in [3.8, 4) is 0 Å². The van der Waals surface area contributed by atoms with E-state index in [1.165, 1.54) is 0 Å². The molecule has 0 aliphatic rings. The van der Waals surface area contributed by atoms with Crippen LogP contribution in [0.5, 0.6) is 0 Å². The maximum Gasteiger partial charge on any atom is 0.322 e. The first kappa shape index (κ1) is 26.9. The maximum atomic E-state index is 12.4. The van der Waals surface area contributed by atoms with Gasteiger partial charge in [0.05, 0.1) is 12.5 Å². The molecule has 12 N–H and O–H groups in total. The van der Waals surface area contributed by atoms with Gasteiger partial charge < -0.3 is 44.0 Å². The van der Waals surface area contributed by atoms with Crippen LogP contribution < -0.4 is 38.9 Å². The number of aliphatic imine (C=N–C) groups is 1. The summed E-state index contributed by atoms with van der Waals surface area (Å²) in [6.45, 7) is -0.439. The third kappa shape index (κ3) is 11.7. The molecule has 3 unspecified atom stereocenters. The largest absolute Gasteiger partial charge is 0.480 e. The number of hydrogen-bond acceptors (Lipinski definition) is 8. The summed E-state index contributed by atoms with van der Waals surface area (Å²) in [7, 11) is 0. The first-order valence-corrected chi connectivity index (χ1v) is 9.41. The van der Waals surface area contributed by atoms with Gasteiger partial charge in [0.15, 0.2) is 5.96 Å². The van der Waals surface area contributed by atoms with Gasteiger partial charge >= 0.3 is 5.97 Å². The number of thiol groups is 1. The van der Waals surface area contributed by atoms with Crippen molar-refractivity contribution in [1.29, 1.82) is 0 Å². The van der Waals surface area contributed by atoms with Crippen LogP contribution >= 0.6 is 12.6 Å². The SMILES string of the molecule is NC(=O)CC(NC(=O)C(CS)NC(=O)C(N)CCCN=C(N)N)C(=O)NCC(=O)O. The average molecular weight is 449 g/mol. The Morgan fingerprint density at radius 1 is 0.967 bits per heavy atom. The topological polar surface area (TPSA) is 258 Å². The van der Waals surface area contributed by atoms with E-state index in [0.29, 0.717) is 6.42 Å². The highest BCUT2D eigenvalue weighted by Crippen LogP contribution is 2.00. The Morgan fingerprint density at radius 3 is 2.07 bits per heavy atom. The minimum Gasteiger partial charge on any atom is -0.480 e. The molecular formula is C15H28N8O6S. The van der Waals surface area contributed by atoms with Crippen LogP contribution in [0.3, 0.4) is 0 Å². The number of hydrogen-bond donors (Lipinski definition) is 9. The van der Waals surface area contributed by atoms with E-state index < -0.39 is 60.7 Å². The quantitative estimate of drug-likeness (QED) is 0.0534. The molecule has 4 amide bonds. The van der Waals surface area contributed by atoms with Gasteiger partial charge in [-0.25, -0.2) is 0 Å². The predicted molar refractivity (Wildman–Crippen MR) is 110 cm³/mol. The van der Waals surface area contributed by atoms with E-state index in [4.69, 9.17) is 28.0 Å². The van der Waals surface area contributed by atoms with E-state index in [2.05, 4.69) is 28.3 Å². The highest BCUT2D eigenvalue weighted by atomic mass is 32.1. The van der Waals surface area contributed by atoms with Crippen molar-refractivity contribution in [3.63, 3.8) is 0 Å². The van der Waals surface area contributed by atoms with Crippen LogP contribution in [0.1, 0.15) is 19.3 Å². The molecule has 0 fully saturated rings. The van der Waals surface area contributed by atoms with Crippen LogP contribution in [-0.4, -0.2) is 77.6 Å². The summed E-state index contributed by atoms with van der Waals surface area (Å²) in [6.07, 6.45) is 0.0921. The lowest BCUT2D eigenvalue weighted by molar-refractivity contribution is -0.138. The second kappa shape index (κ2) is 14.0. The lowest BCUT2D eigenvalue weighted by Crippen LogP contribution is -2.57. The number of nitrogens with zero attached hydrogens (tertiary/aromatic N) is 1. The van der Waals surface area contributed by atoms with E-state index in [1.807, 2.05) is 5.32 Å². The zero-order valence-electron chi connectivity index (χ0n) is 16.2. The molecular weight excluding hydrogens is 420 g/mol. The number of carboxylic acid groups (broad SMARTS) is 1. The van der Waals surface area contributed by atoms with Gasteiger partial charge in [0.25, 0.3) is 0 Å². The number of nitrogens with one attached hydrogen (secondary N) is 3. The molecule has 0 aromatic heterocycles. The van der Waals surface area contributed by atoms with Crippen molar-refractivity contribution >= 4 is 48.2 Å². The first-order chi connectivity index (χ1) is 14.0. The number of guanidine groups is 1. The fourth-order valence-electron chi connectivity index (χ4n) is 2.09. The molecule has 3 atom stereocenters. The van der Waals surface area contributed by atoms with Crippen molar-refractivity contribution < 1.29 is 29.1 Å². The number of carboxylic acids is 1. The lowest BCUT2D eigenvalue weighted by atomic mass is 10.1. The molecule has 15 heteroatoms. The van der Waals surface area contributed by atoms with Crippen molar-refractivity contribution in [2.45, 2.75) is 37.4 Å². The Hall–Kier alpha value is -3.07. The maximum absolute atomic E-state index is 12.4. The number of nitrogens with two attached hydrogens (primary N) is 4. The van der Waals surface area contributed by atoms with Gasteiger partial charge in [0.2, 0.25) is 23.6 Å². The van der Waals surface area contributed by atoms with Crippen LogP contribution in [0, 0.1) is 0 Å². The molecule has 0 heterocycles. The van der Waals surface area contributed by atoms with Gasteiger partial charge in [-0.2, -0.15) is 12.6 Å². The second-order valence-corrected chi connectivity index (χ2v) is 6.51. The third-order valence-corrected chi connectivity index (χ3v) is 3.94. The Labute approximate surface area is 178 Å². The second-order valence-electron chi connectivity index (χ2n) is 6.14. The number of carbonyl (C=O) groups excluding carboxylic acids is 4. The molecule has 170 valence electrons. The smallest absolute Gasteiger partial charge is 0.322 e. The summed E-state index contributed by atoms with van der Waals surface area (Å²) >= 11 is 3.99. The summed E-state index contributed by atoms with van der Waals surface area (Å²) in [5.41, 5.74) is 21.2. The van der Waals surface area contributed by atoms with Crippen molar-refractivity contribution in [2.75, 3.05) is 18.8 Å². The van der Waals surface area contributed by atoms with E-state index in [-0.39, 0.29) is 24.7 Å². The molecule has 0 saturated heterocycles. The Bertz CT molecular complexity index is 670. The molecule has 14 nitrogen and oxygen atoms in total. The van der Waals surface area contributed by atoms with E-state index in [0.717, 1.165) is 0 Å². The van der Waals surface area contributed by atoms with Crippen molar-refractivity contribution in [2.24, 2.45) is 27.9 Å². The standard InChI is InChI=1S/C15H28N8O6S/c16-7(2-1-3-20-15(18)19)12(27)23-9(6-30)14(29)22-8(4-10(17)24)13(28)21-5-11(25)26/h7-9,30H,1-6,16H2,(H2,17,24)(H,21,28)(H,22,29)(H,23,27)(H,25,26)(H4,18,19,20). The van der Waals surface area contributed by atoms with Crippen LogP contribution in [0.15, 0.2) is 4.99 Å². The molecule has 0 aromatic carbocycles. The van der Waals surface area contributed by atoms with Crippen molar-refractivity contribution in [1.82, 2.24) is 16.0 Å². The number of primary amides is 1. The first-order valence-electron chi connectivity index (χ1n) is 8.78. The van der Waals surface area contributed by atoms with Gasteiger partial charge in [-0.05, 0) is 12.8 Å². The van der Waals surface area contributed by atoms with Gasteiger partial charge in [-0.1, -0.05) is 0 Å². The minimum atomic E-state index is -1.43. The molecule has 0 bridgehead atoms. The Balaban J connectivity index is 4.87. The fourth-order valence-corrected chi connectivity index (χ4v) is 2.35. The number of carbonyl (C=O) groups is 5. The fraction of sp³-hybridized carbons (Fsp3) is 0.600. The van der Waals surface area contributed by atoms with Crippen LogP contribution in [0.4, 0.5) is 0 Å². The molecule has 0 saturated carbocycles. The van der Waals surface area contributed by atoms with Crippen molar-refractivity contribution in [3.05, 3.63) is 0 Å². The minimum absolute atomic E-state index is 0.0854. The van der Waals surface area contributed by atoms with Gasteiger partial charge in [-0.3, -0.25) is 29.0 Å². The molecule has 0 aliphatic carbocycles. The predicted octanol–water partition coefficient (Wildman–Crippen LogP) is -4.66. The Kier molecular flexibility index (Phi) is 12.6. The third-order valence-electron chi connectivity index (χ3n) is 3.57. The highest BCUT2D eigenvalue weighted by Gasteiger charge is 2.28. The van der Waals surface area contributed by atoms with Crippen LogP contribution in [0.2, 0.25) is 0 Å². The number of rotatable bonds is 14. The van der Waals surface area contributed by atoms with Gasteiger partial charge in [0.1, 0.15) is 18.6 Å². The molecule has 0 rings (SSSR count). The monoisotopic (exact) mass is 448 g/mol. The molecule has 0 spiro atoms. The van der Waals surface area contributed by atoms with Gasteiger partial charge in [-0.15, -0.1) is 0 Å². The highest BCUT2D eigenvalue weighted by molar-refractivity contribution is 7.80. The number of aliphatic carboxylic acids is 1. The molecule has 0 radical (unpaired) electrons. The molecule has 0 aliphatic heterocycles. The normalized spacial score (nSPS) is 13.3. The summed E-state index contributed by atoms with van der Waals surface area (Å²) < 4.78 is 0. The van der Waals surface area contributed by atoms with Gasteiger partial charge in [0, 0.05) is 12.3 Å². The Morgan fingerprint density at radius 2 is 1.57 bits per heavy atom. The summed E-state index contributed by atoms with van der Waals surface area (Å²) in [5.74, 6) is -4.85. The lowest BCUT2D eigenvalue weighted by Gasteiger charge is -2.22. The molecule has 0 aromatic rings. The summed E-state index contributed by atoms with van der Waals surface area (Å²) in [5, 5.41) is 15.3.